The number of hydrogen-bond acceptors (Lipinski definition) is 6. The molecule has 3 rings (SSSR count). The van der Waals surface area contributed by atoms with Gasteiger partial charge in [0.05, 0.1) is 35.8 Å². The molecule has 1 aromatic heterocycles. The minimum atomic E-state index is -3.66. The molecule has 2 aromatic rings. The van der Waals surface area contributed by atoms with Crippen molar-refractivity contribution in [2.24, 2.45) is 0 Å². The van der Waals surface area contributed by atoms with Crippen LogP contribution < -0.4 is 4.74 Å². The lowest BCUT2D eigenvalue weighted by Gasteiger charge is -2.26. The lowest BCUT2D eigenvalue weighted by molar-refractivity contribution is 0.0730. The van der Waals surface area contributed by atoms with E-state index in [0.29, 0.717) is 38.5 Å². The van der Waals surface area contributed by atoms with Crippen molar-refractivity contribution in [2.45, 2.75) is 31.7 Å². The van der Waals surface area contributed by atoms with Gasteiger partial charge in [0.15, 0.2) is 6.61 Å². The van der Waals surface area contributed by atoms with E-state index in [4.69, 9.17) is 25.8 Å². The number of sulfonamides is 1. The van der Waals surface area contributed by atoms with Gasteiger partial charge in [0.25, 0.3) is 0 Å². The summed E-state index contributed by atoms with van der Waals surface area (Å²) in [6.07, 6.45) is 0. The number of aryl methyl sites for hydroxylation is 1. The van der Waals surface area contributed by atoms with Crippen molar-refractivity contribution >= 4 is 27.4 Å². The fourth-order valence-electron chi connectivity index (χ4n) is 3.97. The molecule has 1 saturated heterocycles. The fraction of sp³-hybridized carbons (Fsp3) is 0.500. The van der Waals surface area contributed by atoms with E-state index in [9.17, 15) is 13.2 Å². The number of Topliss-reactive ketones (excluding diaryl/α,β-unsaturated/α-hetero) is 1. The maximum atomic E-state index is 12.8. The first-order valence-electron chi connectivity index (χ1n) is 10.4. The van der Waals surface area contributed by atoms with Crippen molar-refractivity contribution in [2.75, 3.05) is 46.6 Å². The van der Waals surface area contributed by atoms with E-state index < -0.39 is 10.0 Å². The van der Waals surface area contributed by atoms with E-state index in [1.165, 1.54) is 22.5 Å². The number of aromatic nitrogens is 1. The van der Waals surface area contributed by atoms with Gasteiger partial charge in [0, 0.05) is 37.2 Å². The highest BCUT2D eigenvalue weighted by Crippen LogP contribution is 2.29. The summed E-state index contributed by atoms with van der Waals surface area (Å²) in [5, 5.41) is 0.131. The minimum absolute atomic E-state index is 0.0822. The van der Waals surface area contributed by atoms with Gasteiger partial charge in [-0.05, 0) is 45.0 Å². The monoisotopic (exact) mass is 484 g/mol. The molecule has 0 N–H and O–H groups in total. The topological polar surface area (TPSA) is 87.1 Å². The highest BCUT2D eigenvalue weighted by molar-refractivity contribution is 7.89. The molecule has 0 spiro atoms. The molecule has 0 unspecified atom stereocenters. The van der Waals surface area contributed by atoms with Crippen molar-refractivity contribution in [1.82, 2.24) is 8.87 Å². The van der Waals surface area contributed by atoms with Crippen LogP contribution in [0.1, 0.15) is 34.7 Å². The Labute approximate surface area is 194 Å². The van der Waals surface area contributed by atoms with Gasteiger partial charge in [0.1, 0.15) is 5.75 Å². The summed E-state index contributed by atoms with van der Waals surface area (Å²) in [5.74, 6) is 0.0672. The molecule has 1 aromatic carbocycles. The van der Waals surface area contributed by atoms with Crippen LogP contribution in [-0.4, -0.2) is 69.7 Å². The van der Waals surface area contributed by atoms with Gasteiger partial charge in [-0.15, -0.1) is 0 Å². The number of carbonyl (C=O) groups excluding carboxylic acids is 1. The van der Waals surface area contributed by atoms with Crippen LogP contribution in [-0.2, 0) is 19.5 Å². The first-order valence-corrected chi connectivity index (χ1v) is 12.2. The van der Waals surface area contributed by atoms with Crippen LogP contribution in [0.15, 0.2) is 29.2 Å². The zero-order valence-electron chi connectivity index (χ0n) is 18.8. The molecule has 32 heavy (non-hydrogen) atoms. The van der Waals surface area contributed by atoms with E-state index in [0.717, 1.165) is 11.4 Å². The number of ether oxygens (including phenoxy) is 3. The predicted molar refractivity (Wildman–Crippen MR) is 121 cm³/mol. The van der Waals surface area contributed by atoms with E-state index in [-0.39, 0.29) is 34.1 Å². The molecule has 176 valence electrons. The average molecular weight is 485 g/mol. The average Bonchev–Trinajstić information content (AvgIpc) is 3.07. The van der Waals surface area contributed by atoms with Gasteiger partial charge in [-0.2, -0.15) is 4.31 Å². The smallest absolute Gasteiger partial charge is 0.243 e. The van der Waals surface area contributed by atoms with Crippen molar-refractivity contribution in [3.8, 4) is 5.75 Å². The van der Waals surface area contributed by atoms with Crippen molar-refractivity contribution in [3.63, 3.8) is 0 Å². The summed E-state index contributed by atoms with van der Waals surface area (Å²) in [7, 11) is -2.02. The quantitative estimate of drug-likeness (QED) is 0.508. The lowest BCUT2D eigenvalue weighted by Crippen LogP contribution is -2.40. The second-order valence-corrected chi connectivity index (χ2v) is 10.1. The zero-order chi connectivity index (χ0) is 23.5. The maximum Gasteiger partial charge on any atom is 0.243 e. The molecule has 8 nitrogen and oxygen atoms in total. The van der Waals surface area contributed by atoms with E-state index in [1.807, 2.05) is 26.8 Å². The Morgan fingerprint density at radius 3 is 2.53 bits per heavy atom. The number of hydrogen-bond donors (Lipinski definition) is 0. The molecular weight excluding hydrogens is 456 g/mol. The molecule has 0 saturated carbocycles. The zero-order valence-corrected chi connectivity index (χ0v) is 20.3. The number of halogens is 1. The fourth-order valence-corrected chi connectivity index (χ4v) is 5.70. The Morgan fingerprint density at radius 2 is 1.91 bits per heavy atom. The Hall–Kier alpha value is -1.91. The van der Waals surface area contributed by atoms with Crippen LogP contribution >= 0.6 is 11.6 Å². The molecule has 1 atom stereocenters. The Bertz CT molecular complexity index is 1080. The molecule has 0 amide bonds. The van der Waals surface area contributed by atoms with Gasteiger partial charge in [-0.25, -0.2) is 8.42 Å². The Kier molecular flexibility index (Phi) is 8.00. The number of benzene rings is 1. The normalized spacial score (nSPS) is 16.2. The minimum Gasteiger partial charge on any atom is -0.484 e. The Morgan fingerprint density at radius 1 is 1.22 bits per heavy atom. The molecule has 0 aliphatic carbocycles. The molecule has 0 radical (unpaired) electrons. The van der Waals surface area contributed by atoms with Gasteiger partial charge in [-0.3, -0.25) is 4.79 Å². The van der Waals surface area contributed by atoms with Crippen LogP contribution in [0.2, 0.25) is 5.02 Å². The van der Waals surface area contributed by atoms with Crippen LogP contribution in [0.25, 0.3) is 0 Å². The van der Waals surface area contributed by atoms with E-state index >= 15 is 0 Å². The molecule has 0 bridgehead atoms. The summed E-state index contributed by atoms with van der Waals surface area (Å²) in [5.41, 5.74) is 2.39. The molecule has 1 aliphatic rings. The summed E-state index contributed by atoms with van der Waals surface area (Å²) >= 11 is 6.28. The van der Waals surface area contributed by atoms with Gasteiger partial charge in [-0.1, -0.05) is 11.6 Å². The molecular formula is C22H29ClN2O6S. The summed E-state index contributed by atoms with van der Waals surface area (Å²) in [6.45, 7) is 7.52. The summed E-state index contributed by atoms with van der Waals surface area (Å²) < 4.78 is 45.1. The largest absolute Gasteiger partial charge is 0.484 e. The highest BCUT2D eigenvalue weighted by atomic mass is 35.5. The molecule has 2 heterocycles. The van der Waals surface area contributed by atoms with Crippen LogP contribution in [0.5, 0.6) is 5.75 Å². The van der Waals surface area contributed by atoms with Crippen LogP contribution in [0.3, 0.4) is 0 Å². The summed E-state index contributed by atoms with van der Waals surface area (Å²) in [4.78, 5) is 12.9. The van der Waals surface area contributed by atoms with Gasteiger partial charge < -0.3 is 18.8 Å². The summed E-state index contributed by atoms with van der Waals surface area (Å²) in [6, 6.07) is 6.21. The third-order valence-electron chi connectivity index (χ3n) is 5.50. The number of ketones is 1. The van der Waals surface area contributed by atoms with Crippen molar-refractivity contribution < 1.29 is 27.4 Å². The predicted octanol–water partition coefficient (Wildman–Crippen LogP) is 3.25. The SMILES string of the molecule is COC[C@H](C)n1c(C)cc(C(=O)COc2ccc(S(=O)(=O)N3CCOCC3)cc2Cl)c1C. The van der Waals surface area contributed by atoms with Gasteiger partial charge in [0.2, 0.25) is 15.8 Å². The number of rotatable bonds is 9. The molecule has 10 heteroatoms. The van der Waals surface area contributed by atoms with E-state index in [1.54, 1.807) is 7.11 Å². The van der Waals surface area contributed by atoms with Crippen LogP contribution in [0.4, 0.5) is 0 Å². The number of methoxy groups -OCH3 is 1. The van der Waals surface area contributed by atoms with Crippen molar-refractivity contribution in [3.05, 3.63) is 46.2 Å². The first kappa shape index (κ1) is 24.7. The van der Waals surface area contributed by atoms with E-state index in [2.05, 4.69) is 4.57 Å². The molecule has 1 fully saturated rings. The molecule has 1 aliphatic heterocycles. The first-order chi connectivity index (χ1) is 15.2. The third-order valence-corrected chi connectivity index (χ3v) is 7.69. The lowest BCUT2D eigenvalue weighted by atomic mass is 10.1. The number of carbonyl (C=O) groups is 1. The maximum absolute atomic E-state index is 12.8. The second-order valence-electron chi connectivity index (χ2n) is 7.78. The van der Waals surface area contributed by atoms with Crippen LogP contribution in [0, 0.1) is 13.8 Å². The number of morpholine rings is 1. The standard InChI is InChI=1S/C22H29ClN2O6S/c1-15-11-19(17(3)25(15)16(2)13-29-4)21(26)14-31-22-6-5-18(12-20(22)23)32(27,28)24-7-9-30-10-8-24/h5-6,11-12,16H,7-10,13-14H2,1-4H3/t16-/m0/s1. The number of nitrogens with zero attached hydrogens (tertiary/aromatic N) is 2. The third kappa shape index (κ3) is 5.18. The second kappa shape index (κ2) is 10.4. The van der Waals surface area contributed by atoms with Gasteiger partial charge >= 0.3 is 0 Å². The van der Waals surface area contributed by atoms with Crippen molar-refractivity contribution in [1.29, 1.82) is 0 Å². The Balaban J connectivity index is 1.71. The highest BCUT2D eigenvalue weighted by Gasteiger charge is 2.27.